The molecular formula is C13H18BrFN2O3S. The highest BCUT2D eigenvalue weighted by Crippen LogP contribution is 2.25. The van der Waals surface area contributed by atoms with Gasteiger partial charge in [0.25, 0.3) is 5.91 Å². The van der Waals surface area contributed by atoms with Crippen LogP contribution >= 0.6 is 15.9 Å². The average molecular weight is 381 g/mol. The number of rotatable bonds is 5. The minimum atomic E-state index is -4.23. The summed E-state index contributed by atoms with van der Waals surface area (Å²) in [7, 11) is -4.23. The van der Waals surface area contributed by atoms with Gasteiger partial charge in [-0.2, -0.15) is 0 Å². The number of primary sulfonamides is 1. The van der Waals surface area contributed by atoms with Crippen LogP contribution in [-0.4, -0.2) is 31.8 Å². The minimum absolute atomic E-state index is 0.0163. The Morgan fingerprint density at radius 3 is 2.43 bits per heavy atom. The maximum atomic E-state index is 13.7. The van der Waals surface area contributed by atoms with Crippen molar-refractivity contribution < 1.29 is 17.6 Å². The predicted octanol–water partition coefficient (Wildman–Crippen LogP) is 2.50. The molecule has 0 radical (unpaired) electrons. The molecule has 0 aliphatic carbocycles. The number of hydrogen-bond acceptors (Lipinski definition) is 3. The second kappa shape index (κ2) is 6.85. The van der Waals surface area contributed by atoms with Crippen molar-refractivity contribution in [2.75, 3.05) is 6.54 Å². The van der Waals surface area contributed by atoms with Crippen LogP contribution in [0, 0.1) is 5.82 Å². The fourth-order valence-electron chi connectivity index (χ4n) is 1.94. The summed E-state index contributed by atoms with van der Waals surface area (Å²) in [6.07, 6.45) is 0.750. The molecule has 0 spiro atoms. The Morgan fingerprint density at radius 1 is 1.43 bits per heavy atom. The number of hydrogen-bond donors (Lipinski definition) is 1. The number of nitrogens with two attached hydrogens (primary N) is 1. The lowest BCUT2D eigenvalue weighted by Gasteiger charge is -2.27. The number of halogens is 2. The van der Waals surface area contributed by atoms with E-state index in [1.54, 1.807) is 4.90 Å². The van der Waals surface area contributed by atoms with Crippen LogP contribution in [-0.2, 0) is 10.0 Å². The molecule has 1 unspecified atom stereocenters. The quantitative estimate of drug-likeness (QED) is 0.851. The Kier molecular flexibility index (Phi) is 5.89. The van der Waals surface area contributed by atoms with E-state index in [0.29, 0.717) is 6.54 Å². The van der Waals surface area contributed by atoms with Crippen LogP contribution in [0.4, 0.5) is 4.39 Å². The molecular weight excluding hydrogens is 363 g/mol. The third kappa shape index (κ3) is 4.02. The molecule has 1 aromatic rings. The van der Waals surface area contributed by atoms with Crippen molar-refractivity contribution in [3.05, 3.63) is 28.0 Å². The van der Waals surface area contributed by atoms with Crippen LogP contribution < -0.4 is 5.14 Å². The summed E-state index contributed by atoms with van der Waals surface area (Å²) >= 11 is 3.09. The fourth-order valence-corrected chi connectivity index (χ4v) is 3.04. The molecule has 2 N–H and O–H groups in total. The second-order valence-electron chi connectivity index (χ2n) is 4.66. The van der Waals surface area contributed by atoms with Gasteiger partial charge in [0.05, 0.1) is 5.56 Å². The SMILES string of the molecule is CCC(C)N(CC)C(=O)c1cc(S(N)(=O)=O)c(F)cc1Br. The second-order valence-corrected chi connectivity index (χ2v) is 7.04. The molecule has 118 valence electrons. The smallest absolute Gasteiger partial charge is 0.255 e. The third-order valence-electron chi connectivity index (χ3n) is 3.28. The van der Waals surface area contributed by atoms with E-state index in [9.17, 15) is 17.6 Å². The van der Waals surface area contributed by atoms with Crippen molar-refractivity contribution >= 4 is 31.9 Å². The molecule has 1 aromatic carbocycles. The van der Waals surface area contributed by atoms with Crippen LogP contribution in [0.25, 0.3) is 0 Å². The van der Waals surface area contributed by atoms with Gasteiger partial charge < -0.3 is 4.90 Å². The Labute approximate surface area is 132 Å². The zero-order chi connectivity index (χ0) is 16.4. The first-order chi connectivity index (χ1) is 9.63. The molecule has 0 aromatic heterocycles. The summed E-state index contributed by atoms with van der Waals surface area (Å²) in [6, 6.07) is 1.90. The number of amides is 1. The van der Waals surface area contributed by atoms with Crippen molar-refractivity contribution in [2.45, 2.75) is 38.1 Å². The van der Waals surface area contributed by atoms with E-state index in [4.69, 9.17) is 5.14 Å². The maximum Gasteiger partial charge on any atom is 0.255 e. The lowest BCUT2D eigenvalue weighted by Crippen LogP contribution is -2.38. The molecule has 1 amide bonds. The number of benzene rings is 1. The van der Waals surface area contributed by atoms with E-state index in [-0.39, 0.29) is 22.0 Å². The standard InChI is InChI=1S/C13H18BrFN2O3S/c1-4-8(3)17(5-2)13(18)9-6-12(21(16,19)20)11(15)7-10(9)14/h6-8H,4-5H2,1-3H3,(H2,16,19,20). The van der Waals surface area contributed by atoms with Gasteiger partial charge >= 0.3 is 0 Å². The molecule has 0 bridgehead atoms. The largest absolute Gasteiger partial charge is 0.336 e. The van der Waals surface area contributed by atoms with E-state index >= 15 is 0 Å². The van der Waals surface area contributed by atoms with Crippen LogP contribution in [0.1, 0.15) is 37.6 Å². The van der Waals surface area contributed by atoms with Gasteiger partial charge in [-0.25, -0.2) is 17.9 Å². The lowest BCUT2D eigenvalue weighted by atomic mass is 10.1. The summed E-state index contributed by atoms with van der Waals surface area (Å²) in [5, 5.41) is 4.96. The van der Waals surface area contributed by atoms with E-state index in [2.05, 4.69) is 15.9 Å². The molecule has 8 heteroatoms. The molecule has 0 aliphatic heterocycles. The van der Waals surface area contributed by atoms with Crippen molar-refractivity contribution in [1.29, 1.82) is 0 Å². The first kappa shape index (κ1) is 18.1. The zero-order valence-electron chi connectivity index (χ0n) is 12.1. The summed E-state index contributed by atoms with van der Waals surface area (Å²) in [4.78, 5) is 13.4. The van der Waals surface area contributed by atoms with Gasteiger partial charge in [-0.05, 0) is 48.3 Å². The number of sulfonamides is 1. The van der Waals surface area contributed by atoms with Gasteiger partial charge in [0.2, 0.25) is 10.0 Å². The normalized spacial score (nSPS) is 13.0. The average Bonchev–Trinajstić information content (AvgIpc) is 2.37. The van der Waals surface area contributed by atoms with Gasteiger partial charge in [0.1, 0.15) is 10.7 Å². The molecule has 1 rings (SSSR count). The molecule has 0 saturated carbocycles. The van der Waals surface area contributed by atoms with Crippen LogP contribution in [0.3, 0.4) is 0 Å². The Bertz CT molecular complexity index is 649. The van der Waals surface area contributed by atoms with Crippen LogP contribution in [0.5, 0.6) is 0 Å². The molecule has 0 aliphatic rings. The number of nitrogens with zero attached hydrogens (tertiary/aromatic N) is 1. The predicted molar refractivity (Wildman–Crippen MR) is 81.9 cm³/mol. The Morgan fingerprint density at radius 2 is 2.00 bits per heavy atom. The van der Waals surface area contributed by atoms with Crippen LogP contribution in [0.15, 0.2) is 21.5 Å². The first-order valence-corrected chi connectivity index (χ1v) is 8.80. The van der Waals surface area contributed by atoms with E-state index < -0.39 is 20.7 Å². The van der Waals surface area contributed by atoms with Gasteiger partial charge in [-0.3, -0.25) is 4.79 Å². The molecule has 0 heterocycles. The van der Waals surface area contributed by atoms with Crippen molar-refractivity contribution in [3.8, 4) is 0 Å². The highest BCUT2D eigenvalue weighted by Gasteiger charge is 2.25. The summed E-state index contributed by atoms with van der Waals surface area (Å²) in [6.45, 7) is 6.11. The fraction of sp³-hybridized carbons (Fsp3) is 0.462. The molecule has 0 saturated heterocycles. The topological polar surface area (TPSA) is 80.5 Å². The molecule has 0 fully saturated rings. The molecule has 1 atom stereocenters. The van der Waals surface area contributed by atoms with Crippen molar-refractivity contribution in [1.82, 2.24) is 4.90 Å². The third-order valence-corrected chi connectivity index (χ3v) is 4.86. The van der Waals surface area contributed by atoms with E-state index in [0.717, 1.165) is 18.6 Å². The van der Waals surface area contributed by atoms with Gasteiger partial charge in [-0.1, -0.05) is 6.92 Å². The van der Waals surface area contributed by atoms with Crippen molar-refractivity contribution in [3.63, 3.8) is 0 Å². The van der Waals surface area contributed by atoms with Gasteiger partial charge in [0.15, 0.2) is 0 Å². The summed E-state index contributed by atoms with van der Waals surface area (Å²) in [5.41, 5.74) is 0.0718. The van der Waals surface area contributed by atoms with Crippen LogP contribution in [0.2, 0.25) is 0 Å². The summed E-state index contributed by atoms with van der Waals surface area (Å²) in [5.74, 6) is -1.36. The number of carbonyl (C=O) groups is 1. The molecule has 21 heavy (non-hydrogen) atoms. The monoisotopic (exact) mass is 380 g/mol. The van der Waals surface area contributed by atoms with E-state index in [1.807, 2.05) is 20.8 Å². The Hall–Kier alpha value is -0.990. The van der Waals surface area contributed by atoms with E-state index in [1.165, 1.54) is 0 Å². The number of carbonyl (C=O) groups excluding carboxylic acids is 1. The van der Waals surface area contributed by atoms with Gasteiger partial charge in [0, 0.05) is 17.1 Å². The van der Waals surface area contributed by atoms with Gasteiger partial charge in [-0.15, -0.1) is 0 Å². The Balaban J connectivity index is 3.40. The highest BCUT2D eigenvalue weighted by molar-refractivity contribution is 9.10. The first-order valence-electron chi connectivity index (χ1n) is 6.46. The maximum absolute atomic E-state index is 13.7. The zero-order valence-corrected chi connectivity index (χ0v) is 14.5. The minimum Gasteiger partial charge on any atom is -0.336 e. The summed E-state index contributed by atoms with van der Waals surface area (Å²) < 4.78 is 36.6. The van der Waals surface area contributed by atoms with Crippen molar-refractivity contribution in [2.24, 2.45) is 5.14 Å². The lowest BCUT2D eigenvalue weighted by molar-refractivity contribution is 0.0698. The highest BCUT2D eigenvalue weighted by atomic mass is 79.9. The molecule has 5 nitrogen and oxygen atoms in total.